The van der Waals surface area contributed by atoms with E-state index in [-0.39, 0.29) is 5.41 Å². The van der Waals surface area contributed by atoms with Crippen molar-refractivity contribution in [1.82, 2.24) is 0 Å². The van der Waals surface area contributed by atoms with Crippen LogP contribution in [0.3, 0.4) is 0 Å². The highest BCUT2D eigenvalue weighted by atomic mass is 79.9. The van der Waals surface area contributed by atoms with Crippen molar-refractivity contribution in [2.75, 3.05) is 11.4 Å². The average Bonchev–Trinajstić information content (AvgIpc) is 2.79. The highest BCUT2D eigenvalue weighted by Crippen LogP contribution is 2.55. The predicted octanol–water partition coefficient (Wildman–Crippen LogP) is 10.7. The molecule has 1 nitrogen and oxygen atoms in total. The fourth-order valence-corrected chi connectivity index (χ4v) is 6.16. The van der Waals surface area contributed by atoms with Crippen molar-refractivity contribution >= 4 is 43.2 Å². The summed E-state index contributed by atoms with van der Waals surface area (Å²) in [4.78, 5) is 2.62. The molecule has 0 atom stereocenters. The second-order valence-corrected chi connectivity index (χ2v) is 11.4. The van der Waals surface area contributed by atoms with Gasteiger partial charge in [0.2, 0.25) is 0 Å². The largest absolute Gasteiger partial charge is 0.341 e. The van der Waals surface area contributed by atoms with Crippen molar-refractivity contribution in [3.05, 3.63) is 56.5 Å². The number of benzene rings is 2. The summed E-state index contributed by atoms with van der Waals surface area (Å²) < 4.78 is 2.40. The van der Waals surface area contributed by atoms with Crippen LogP contribution >= 0.6 is 31.9 Å². The quantitative estimate of drug-likeness (QED) is 0.219. The van der Waals surface area contributed by atoms with Gasteiger partial charge in [-0.25, -0.2) is 0 Å². The van der Waals surface area contributed by atoms with E-state index in [2.05, 4.69) is 93.9 Å². The molecule has 2 aromatic rings. The molecule has 0 saturated carbocycles. The normalized spacial score (nSPS) is 14.3. The van der Waals surface area contributed by atoms with E-state index in [9.17, 15) is 0 Å². The summed E-state index contributed by atoms with van der Waals surface area (Å²) in [6.45, 7) is 8.05. The third kappa shape index (κ3) is 5.81. The highest BCUT2D eigenvalue weighted by Gasteiger charge is 2.42. The summed E-state index contributed by atoms with van der Waals surface area (Å²) >= 11 is 7.63. The smallest absolute Gasteiger partial charge is 0.0453 e. The van der Waals surface area contributed by atoms with Gasteiger partial charge in [0.1, 0.15) is 0 Å². The molecule has 3 heteroatoms. The minimum atomic E-state index is 0.0991. The number of unbranched alkanes of at least 4 members (excludes halogenated alkanes) is 7. The van der Waals surface area contributed by atoms with E-state index >= 15 is 0 Å². The Kier molecular flexibility index (Phi) is 10.2. The Hall–Kier alpha value is -0.800. The van der Waals surface area contributed by atoms with Crippen molar-refractivity contribution in [2.24, 2.45) is 0 Å². The third-order valence-corrected chi connectivity index (χ3v) is 8.17. The van der Waals surface area contributed by atoms with Crippen LogP contribution in [-0.2, 0) is 5.41 Å². The lowest BCUT2D eigenvalue weighted by atomic mass is 9.65. The molecule has 0 spiro atoms. The van der Waals surface area contributed by atoms with E-state index in [4.69, 9.17) is 0 Å². The van der Waals surface area contributed by atoms with Gasteiger partial charge in [0.25, 0.3) is 0 Å². The molecule has 0 amide bonds. The first-order valence-electron chi connectivity index (χ1n) is 12.9. The van der Waals surface area contributed by atoms with Gasteiger partial charge in [-0.05, 0) is 66.8 Å². The summed E-state index contributed by atoms with van der Waals surface area (Å²) in [5.74, 6) is 0. The van der Waals surface area contributed by atoms with Gasteiger partial charge in [-0.15, -0.1) is 0 Å². The number of fused-ring (bicyclic) bond motifs is 2. The second kappa shape index (κ2) is 12.6. The van der Waals surface area contributed by atoms with Crippen LogP contribution < -0.4 is 4.90 Å². The van der Waals surface area contributed by atoms with Crippen molar-refractivity contribution < 1.29 is 0 Å². The molecule has 0 aromatic heterocycles. The molecule has 0 N–H and O–H groups in total. The molecule has 1 aliphatic heterocycles. The van der Waals surface area contributed by atoms with Gasteiger partial charge in [0.05, 0.1) is 0 Å². The number of anilines is 2. The fourth-order valence-electron chi connectivity index (χ4n) is 5.44. The molecule has 3 rings (SSSR count). The standard InChI is InChI=1S/C29H41Br2N/c1-4-7-10-11-12-13-20-32-27-16-14-23(30)21-25(27)29(18-8-5-2,19-9-6-3)26-22-24(31)15-17-28(26)32/h14-17,21-22H,4-13,18-20H2,1-3H3. The van der Waals surface area contributed by atoms with Crippen LogP contribution in [0.15, 0.2) is 45.3 Å². The van der Waals surface area contributed by atoms with Gasteiger partial charge in [-0.2, -0.15) is 0 Å². The van der Waals surface area contributed by atoms with Crippen LogP contribution in [0, 0.1) is 0 Å². The molecular formula is C29H41Br2N. The molecule has 32 heavy (non-hydrogen) atoms. The first-order chi connectivity index (χ1) is 15.6. The van der Waals surface area contributed by atoms with Crippen LogP contribution in [0.5, 0.6) is 0 Å². The van der Waals surface area contributed by atoms with E-state index in [1.807, 2.05) is 0 Å². The maximum atomic E-state index is 3.81. The summed E-state index contributed by atoms with van der Waals surface area (Å²) in [5, 5.41) is 0. The highest BCUT2D eigenvalue weighted by molar-refractivity contribution is 9.10. The number of hydrogen-bond acceptors (Lipinski definition) is 1. The maximum Gasteiger partial charge on any atom is 0.0453 e. The molecular weight excluding hydrogens is 522 g/mol. The van der Waals surface area contributed by atoms with Gasteiger partial charge in [0, 0.05) is 32.3 Å². The molecule has 1 heterocycles. The lowest BCUT2D eigenvalue weighted by molar-refractivity contribution is 0.401. The first kappa shape index (κ1) is 25.8. The summed E-state index contributed by atoms with van der Waals surface area (Å²) in [6.07, 6.45) is 15.4. The van der Waals surface area contributed by atoms with Crippen molar-refractivity contribution in [2.45, 2.75) is 103 Å². The molecule has 0 aliphatic carbocycles. The van der Waals surface area contributed by atoms with Gasteiger partial charge in [0.15, 0.2) is 0 Å². The molecule has 0 bridgehead atoms. The number of rotatable bonds is 13. The summed E-state index contributed by atoms with van der Waals surface area (Å²) in [6, 6.07) is 14.1. The molecule has 0 radical (unpaired) electrons. The minimum absolute atomic E-state index is 0.0991. The molecule has 0 fully saturated rings. The Labute approximate surface area is 213 Å². The number of hydrogen-bond donors (Lipinski definition) is 0. The zero-order valence-electron chi connectivity index (χ0n) is 20.4. The van der Waals surface area contributed by atoms with E-state index in [1.54, 1.807) is 0 Å². The molecule has 0 saturated heterocycles. The SMILES string of the molecule is CCCCCCCCN1c2ccc(Br)cc2C(CCCC)(CCCC)c2cc(Br)ccc21. The zero-order chi connectivity index (χ0) is 23.0. The fraction of sp³-hybridized carbons (Fsp3) is 0.586. The van der Waals surface area contributed by atoms with Crippen molar-refractivity contribution in [3.63, 3.8) is 0 Å². The third-order valence-electron chi connectivity index (χ3n) is 7.18. The summed E-state index contributed by atoms with van der Waals surface area (Å²) in [7, 11) is 0. The molecule has 1 aliphatic rings. The Morgan fingerprint density at radius 2 is 1.09 bits per heavy atom. The lowest BCUT2D eigenvalue weighted by Crippen LogP contribution is -2.37. The van der Waals surface area contributed by atoms with Gasteiger partial charge in [-0.3, -0.25) is 0 Å². The van der Waals surface area contributed by atoms with Gasteiger partial charge < -0.3 is 4.90 Å². The molecule has 0 unspecified atom stereocenters. The lowest BCUT2D eigenvalue weighted by Gasteiger charge is -2.46. The topological polar surface area (TPSA) is 3.24 Å². The van der Waals surface area contributed by atoms with Crippen LogP contribution in [0.4, 0.5) is 11.4 Å². The average molecular weight is 563 g/mol. The maximum absolute atomic E-state index is 3.81. The first-order valence-corrected chi connectivity index (χ1v) is 14.5. The van der Waals surface area contributed by atoms with E-state index < -0.39 is 0 Å². The Morgan fingerprint density at radius 1 is 0.625 bits per heavy atom. The second-order valence-electron chi connectivity index (χ2n) is 9.53. The molecule has 176 valence electrons. The van der Waals surface area contributed by atoms with Crippen LogP contribution in [0.2, 0.25) is 0 Å². The van der Waals surface area contributed by atoms with Gasteiger partial charge in [-0.1, -0.05) is 110 Å². The van der Waals surface area contributed by atoms with Crippen LogP contribution in [-0.4, -0.2) is 6.54 Å². The zero-order valence-corrected chi connectivity index (χ0v) is 23.5. The number of nitrogens with zero attached hydrogens (tertiary/aromatic N) is 1. The molecule has 2 aromatic carbocycles. The van der Waals surface area contributed by atoms with E-state index in [0.717, 1.165) is 6.54 Å². The van der Waals surface area contributed by atoms with Crippen molar-refractivity contribution in [1.29, 1.82) is 0 Å². The Balaban J connectivity index is 2.04. The number of halogens is 2. The summed E-state index contributed by atoms with van der Waals surface area (Å²) in [5.41, 5.74) is 6.03. The van der Waals surface area contributed by atoms with E-state index in [1.165, 1.54) is 108 Å². The van der Waals surface area contributed by atoms with Crippen LogP contribution in [0.25, 0.3) is 0 Å². The van der Waals surface area contributed by atoms with Gasteiger partial charge >= 0.3 is 0 Å². The van der Waals surface area contributed by atoms with E-state index in [0.29, 0.717) is 0 Å². The Bertz CT molecular complexity index is 797. The monoisotopic (exact) mass is 561 g/mol. The predicted molar refractivity (Wildman–Crippen MR) is 148 cm³/mol. The minimum Gasteiger partial charge on any atom is -0.341 e. The Morgan fingerprint density at radius 3 is 1.59 bits per heavy atom. The van der Waals surface area contributed by atoms with Crippen molar-refractivity contribution in [3.8, 4) is 0 Å². The van der Waals surface area contributed by atoms with Crippen LogP contribution in [0.1, 0.15) is 109 Å².